The van der Waals surface area contributed by atoms with Crippen molar-refractivity contribution >= 4 is 44.8 Å². The minimum absolute atomic E-state index is 0.0112. The Morgan fingerprint density at radius 2 is 1.58 bits per heavy atom. The number of hydrogen-bond donors (Lipinski definition) is 3. The Hall–Kier alpha value is -3.36. The predicted octanol–water partition coefficient (Wildman–Crippen LogP) is 4.92. The molecule has 3 aromatic rings. The molecule has 0 saturated carbocycles. The zero-order valence-electron chi connectivity index (χ0n) is 18.1. The number of amides is 2. The van der Waals surface area contributed by atoms with Gasteiger partial charge < -0.3 is 10.6 Å². The Labute approximate surface area is 198 Å². The van der Waals surface area contributed by atoms with Crippen LogP contribution >= 0.6 is 11.6 Å². The number of anilines is 2. The van der Waals surface area contributed by atoms with Gasteiger partial charge in [0.25, 0.3) is 21.8 Å². The van der Waals surface area contributed by atoms with Crippen LogP contribution in [0.3, 0.4) is 0 Å². The molecule has 0 aliphatic heterocycles. The normalized spacial score (nSPS) is 12.0. The van der Waals surface area contributed by atoms with E-state index in [1.165, 1.54) is 30.3 Å². The maximum absolute atomic E-state index is 12.8. The zero-order chi connectivity index (χ0) is 24.0. The Morgan fingerprint density at radius 3 is 2.24 bits per heavy atom. The van der Waals surface area contributed by atoms with E-state index in [0.29, 0.717) is 11.3 Å². The second kappa shape index (κ2) is 10.5. The van der Waals surface area contributed by atoms with Crippen molar-refractivity contribution in [1.82, 2.24) is 5.32 Å². The highest BCUT2D eigenvalue weighted by atomic mass is 35.5. The third-order valence-electron chi connectivity index (χ3n) is 4.93. The lowest BCUT2D eigenvalue weighted by molar-refractivity contribution is 0.0940. The third-order valence-corrected chi connectivity index (χ3v) is 6.64. The van der Waals surface area contributed by atoms with E-state index in [4.69, 9.17) is 11.6 Å². The van der Waals surface area contributed by atoms with Gasteiger partial charge in [0.15, 0.2) is 0 Å². The minimum Gasteiger partial charge on any atom is -0.350 e. The maximum Gasteiger partial charge on any atom is 0.261 e. The summed E-state index contributed by atoms with van der Waals surface area (Å²) in [5.74, 6) is -0.821. The summed E-state index contributed by atoms with van der Waals surface area (Å²) in [6.07, 6.45) is 0.774. The summed E-state index contributed by atoms with van der Waals surface area (Å²) in [7, 11) is -3.79. The number of sulfonamides is 1. The monoisotopic (exact) mass is 485 g/mol. The van der Waals surface area contributed by atoms with E-state index in [2.05, 4.69) is 15.4 Å². The lowest BCUT2D eigenvalue weighted by Gasteiger charge is -2.15. The van der Waals surface area contributed by atoms with Crippen LogP contribution in [0.15, 0.2) is 77.7 Å². The molecule has 0 heterocycles. The van der Waals surface area contributed by atoms with Gasteiger partial charge in [-0.05, 0) is 55.8 Å². The minimum atomic E-state index is -3.79. The standard InChI is InChI=1S/C24H24ClN3O4S/c1-3-16(2)26-24(30)20-11-7-8-12-22(20)27-23(29)19-14-13-17(15-21(19)25)28-33(31,32)18-9-5-4-6-10-18/h4-16,28H,3H2,1-2H3,(H,26,30)(H,27,29)/t16-/m0/s1. The van der Waals surface area contributed by atoms with Crippen LogP contribution in [-0.4, -0.2) is 26.3 Å². The van der Waals surface area contributed by atoms with E-state index in [9.17, 15) is 18.0 Å². The molecule has 0 spiro atoms. The first-order chi connectivity index (χ1) is 15.7. The Balaban J connectivity index is 1.78. The summed E-state index contributed by atoms with van der Waals surface area (Å²) in [5.41, 5.74) is 1.02. The first kappa shape index (κ1) is 24.3. The van der Waals surface area contributed by atoms with Crippen LogP contribution in [0, 0.1) is 0 Å². The molecule has 0 aliphatic carbocycles. The summed E-state index contributed by atoms with van der Waals surface area (Å²) in [4.78, 5) is 25.5. The van der Waals surface area contributed by atoms with Gasteiger partial charge in [-0.2, -0.15) is 0 Å². The number of benzene rings is 3. The molecule has 7 nitrogen and oxygen atoms in total. The van der Waals surface area contributed by atoms with Crippen molar-refractivity contribution < 1.29 is 18.0 Å². The van der Waals surface area contributed by atoms with Crippen LogP contribution < -0.4 is 15.4 Å². The van der Waals surface area contributed by atoms with Gasteiger partial charge in [-0.25, -0.2) is 8.42 Å². The molecule has 172 valence electrons. The molecule has 0 bridgehead atoms. The largest absolute Gasteiger partial charge is 0.350 e. The number of hydrogen-bond acceptors (Lipinski definition) is 4. The fourth-order valence-corrected chi connectivity index (χ4v) is 4.30. The SMILES string of the molecule is CC[C@H](C)NC(=O)c1ccccc1NC(=O)c1ccc(NS(=O)(=O)c2ccccc2)cc1Cl. The zero-order valence-corrected chi connectivity index (χ0v) is 19.7. The number of carbonyl (C=O) groups excluding carboxylic acids is 2. The molecular weight excluding hydrogens is 462 g/mol. The fraction of sp³-hybridized carbons (Fsp3) is 0.167. The number of rotatable bonds is 8. The topological polar surface area (TPSA) is 104 Å². The van der Waals surface area contributed by atoms with Crippen molar-refractivity contribution in [2.75, 3.05) is 10.0 Å². The first-order valence-electron chi connectivity index (χ1n) is 10.3. The molecule has 0 aromatic heterocycles. The molecule has 2 amide bonds. The number of para-hydroxylation sites is 1. The lowest BCUT2D eigenvalue weighted by Crippen LogP contribution is -2.32. The molecule has 33 heavy (non-hydrogen) atoms. The van der Waals surface area contributed by atoms with Crippen molar-refractivity contribution in [1.29, 1.82) is 0 Å². The smallest absolute Gasteiger partial charge is 0.261 e. The lowest BCUT2D eigenvalue weighted by atomic mass is 10.1. The average Bonchev–Trinajstić information content (AvgIpc) is 2.79. The predicted molar refractivity (Wildman–Crippen MR) is 130 cm³/mol. The Kier molecular flexibility index (Phi) is 7.73. The van der Waals surface area contributed by atoms with Gasteiger partial charge >= 0.3 is 0 Å². The van der Waals surface area contributed by atoms with E-state index in [1.807, 2.05) is 13.8 Å². The number of carbonyl (C=O) groups is 2. The maximum atomic E-state index is 12.8. The highest BCUT2D eigenvalue weighted by Gasteiger charge is 2.18. The first-order valence-corrected chi connectivity index (χ1v) is 12.2. The molecule has 0 aliphatic rings. The van der Waals surface area contributed by atoms with Crippen LogP contribution in [0.25, 0.3) is 0 Å². The van der Waals surface area contributed by atoms with E-state index >= 15 is 0 Å². The molecule has 0 saturated heterocycles. The summed E-state index contributed by atoms with van der Waals surface area (Å²) in [5, 5.41) is 5.64. The third kappa shape index (κ3) is 6.12. The van der Waals surface area contributed by atoms with Crippen LogP contribution in [0.4, 0.5) is 11.4 Å². The number of nitrogens with one attached hydrogen (secondary N) is 3. The number of halogens is 1. The van der Waals surface area contributed by atoms with Gasteiger partial charge in [-0.3, -0.25) is 14.3 Å². The molecule has 0 fully saturated rings. The van der Waals surface area contributed by atoms with Crippen molar-refractivity contribution in [3.05, 3.63) is 88.9 Å². The molecular formula is C24H24ClN3O4S. The molecule has 3 N–H and O–H groups in total. The average molecular weight is 486 g/mol. The van der Waals surface area contributed by atoms with Crippen LogP contribution in [0.5, 0.6) is 0 Å². The molecule has 0 radical (unpaired) electrons. The van der Waals surface area contributed by atoms with Gasteiger partial charge in [0.1, 0.15) is 0 Å². The summed E-state index contributed by atoms with van der Waals surface area (Å²) >= 11 is 6.28. The Morgan fingerprint density at radius 1 is 0.909 bits per heavy atom. The second-order valence-electron chi connectivity index (χ2n) is 7.40. The molecule has 0 unspecified atom stereocenters. The van der Waals surface area contributed by atoms with Crippen LogP contribution in [0.2, 0.25) is 5.02 Å². The van der Waals surface area contributed by atoms with E-state index < -0.39 is 15.9 Å². The summed E-state index contributed by atoms with van der Waals surface area (Å²) in [6.45, 7) is 3.86. The van der Waals surface area contributed by atoms with Gasteiger partial charge in [0, 0.05) is 6.04 Å². The van der Waals surface area contributed by atoms with Crippen molar-refractivity contribution in [3.8, 4) is 0 Å². The molecule has 9 heteroatoms. The van der Waals surface area contributed by atoms with Crippen molar-refractivity contribution in [2.24, 2.45) is 0 Å². The second-order valence-corrected chi connectivity index (χ2v) is 9.49. The van der Waals surface area contributed by atoms with E-state index in [1.54, 1.807) is 42.5 Å². The fourth-order valence-electron chi connectivity index (χ4n) is 2.96. The molecule has 1 atom stereocenters. The van der Waals surface area contributed by atoms with E-state index in [0.717, 1.165) is 6.42 Å². The van der Waals surface area contributed by atoms with Gasteiger partial charge in [-0.15, -0.1) is 0 Å². The Bertz CT molecular complexity index is 1260. The molecule has 3 rings (SSSR count). The highest BCUT2D eigenvalue weighted by Crippen LogP contribution is 2.25. The van der Waals surface area contributed by atoms with Crippen LogP contribution in [0.1, 0.15) is 41.0 Å². The molecule has 3 aromatic carbocycles. The van der Waals surface area contributed by atoms with Crippen LogP contribution in [-0.2, 0) is 10.0 Å². The van der Waals surface area contributed by atoms with Gasteiger partial charge in [0.05, 0.1) is 32.4 Å². The highest BCUT2D eigenvalue weighted by molar-refractivity contribution is 7.92. The van der Waals surface area contributed by atoms with Crippen molar-refractivity contribution in [3.63, 3.8) is 0 Å². The van der Waals surface area contributed by atoms with E-state index in [-0.39, 0.29) is 33.1 Å². The van der Waals surface area contributed by atoms with Crippen molar-refractivity contribution in [2.45, 2.75) is 31.2 Å². The van der Waals surface area contributed by atoms with Gasteiger partial charge in [0.2, 0.25) is 0 Å². The quantitative estimate of drug-likeness (QED) is 0.421. The summed E-state index contributed by atoms with van der Waals surface area (Å²) < 4.78 is 27.4. The van der Waals surface area contributed by atoms with Gasteiger partial charge in [-0.1, -0.05) is 48.9 Å². The summed E-state index contributed by atoms with van der Waals surface area (Å²) in [6, 6.07) is 18.8.